The molecule has 22 nitrogen and oxygen atoms in total. The van der Waals surface area contributed by atoms with Crippen molar-refractivity contribution < 1.29 is 0 Å². The molecule has 0 spiro atoms. The summed E-state index contributed by atoms with van der Waals surface area (Å²) in [5.74, 6) is 5.96. The number of piperazine rings is 4. The van der Waals surface area contributed by atoms with Crippen LogP contribution in [-0.2, 0) is 0 Å². The van der Waals surface area contributed by atoms with Gasteiger partial charge in [0.2, 0.25) is 23.8 Å². The fraction of sp³-hybridized carbons (Fsp3) is 0.867. The smallest absolute Gasteiger partial charge is 0.230 e. The van der Waals surface area contributed by atoms with E-state index in [0.29, 0.717) is 64.2 Å². The SMILES string of the molecule is NCCN(CCN1CCNCC1)c1nc(C2CC3CC2CC3c2nc(N(CCN)CCN3CCNCC3)nc(N(CCN)CCN3CCNCC3)n2)nc(N(CCN)CCN2CCNCC2)n1. The van der Waals surface area contributed by atoms with Crippen molar-refractivity contribution in [3.63, 3.8) is 0 Å². The van der Waals surface area contributed by atoms with Crippen LogP contribution in [-0.4, -0.2) is 259 Å². The molecule has 2 aromatic rings. The zero-order chi connectivity index (χ0) is 46.2. The molecule has 22 heteroatoms. The number of fused-ring (bicyclic) bond motifs is 2. The Morgan fingerprint density at radius 3 is 0.836 bits per heavy atom. The first kappa shape index (κ1) is 50.1. The topological polar surface area (TPSA) is 255 Å². The van der Waals surface area contributed by atoms with E-state index >= 15 is 0 Å². The third-order valence-corrected chi connectivity index (χ3v) is 15.1. The number of nitrogens with two attached hydrogens (primary N) is 4. The van der Waals surface area contributed by atoms with Crippen LogP contribution in [0.1, 0.15) is 42.7 Å². The second-order valence-electron chi connectivity index (χ2n) is 19.5. The summed E-state index contributed by atoms with van der Waals surface area (Å²) in [6.07, 6.45) is 3.06. The lowest BCUT2D eigenvalue weighted by molar-refractivity contribution is 0.245. The second kappa shape index (κ2) is 26.1. The Morgan fingerprint density at radius 1 is 0.358 bits per heavy atom. The van der Waals surface area contributed by atoms with Gasteiger partial charge in [-0.3, -0.25) is 19.6 Å². The molecule has 4 saturated heterocycles. The number of hydrogen-bond donors (Lipinski definition) is 8. The van der Waals surface area contributed by atoms with Crippen LogP contribution in [0.15, 0.2) is 0 Å². The van der Waals surface area contributed by atoms with Gasteiger partial charge in [-0.25, -0.2) is 0 Å². The second-order valence-corrected chi connectivity index (χ2v) is 19.5. The summed E-state index contributed by atoms with van der Waals surface area (Å²) < 4.78 is 0. The lowest BCUT2D eigenvalue weighted by Crippen LogP contribution is -2.47. The van der Waals surface area contributed by atoms with E-state index in [1.54, 1.807) is 0 Å². The van der Waals surface area contributed by atoms with Gasteiger partial charge in [-0.05, 0) is 31.1 Å². The van der Waals surface area contributed by atoms with Crippen LogP contribution in [0.25, 0.3) is 0 Å². The van der Waals surface area contributed by atoms with Crippen molar-refractivity contribution in [2.24, 2.45) is 34.8 Å². The van der Waals surface area contributed by atoms with Gasteiger partial charge in [-0.2, -0.15) is 29.9 Å². The molecule has 6 aliphatic rings. The lowest BCUT2D eigenvalue weighted by Gasteiger charge is -2.33. The number of anilines is 4. The molecule has 0 amide bonds. The Balaban J connectivity index is 1.06. The minimum absolute atomic E-state index is 0.212. The summed E-state index contributed by atoms with van der Waals surface area (Å²) in [6.45, 7) is 28.3. The molecule has 4 atom stereocenters. The molecule has 2 saturated carbocycles. The maximum absolute atomic E-state index is 6.31. The Bertz CT molecular complexity index is 1510. The van der Waals surface area contributed by atoms with Crippen LogP contribution >= 0.6 is 0 Å². The molecule has 2 bridgehead atoms. The van der Waals surface area contributed by atoms with E-state index in [-0.39, 0.29) is 11.8 Å². The highest BCUT2D eigenvalue weighted by molar-refractivity contribution is 5.42. The largest absolute Gasteiger partial charge is 0.338 e. The number of aromatic nitrogens is 6. The van der Waals surface area contributed by atoms with Crippen molar-refractivity contribution in [1.82, 2.24) is 70.8 Å². The molecule has 6 fully saturated rings. The minimum atomic E-state index is 0.212. The average molecular weight is 935 g/mol. The van der Waals surface area contributed by atoms with Crippen LogP contribution in [0.5, 0.6) is 0 Å². The molecule has 2 aliphatic carbocycles. The summed E-state index contributed by atoms with van der Waals surface area (Å²) >= 11 is 0. The molecule has 8 rings (SSSR count). The van der Waals surface area contributed by atoms with Gasteiger partial charge in [0.15, 0.2) is 0 Å². The van der Waals surface area contributed by atoms with Crippen molar-refractivity contribution in [3.05, 3.63) is 11.6 Å². The maximum atomic E-state index is 6.31. The highest BCUT2D eigenvalue weighted by Gasteiger charge is 2.49. The molecule has 6 heterocycles. The Labute approximate surface area is 400 Å². The molecule has 2 aromatic heterocycles. The number of nitrogens with one attached hydrogen (secondary N) is 4. The predicted octanol–water partition coefficient (Wildman–Crippen LogP) is -3.96. The number of nitrogens with zero attached hydrogens (tertiary/aromatic N) is 14. The summed E-state index contributed by atoms with van der Waals surface area (Å²) in [5.41, 5.74) is 25.2. The highest BCUT2D eigenvalue weighted by Crippen LogP contribution is 2.58. The zero-order valence-corrected chi connectivity index (χ0v) is 40.6. The molecule has 12 N–H and O–H groups in total. The van der Waals surface area contributed by atoms with E-state index < -0.39 is 0 Å². The van der Waals surface area contributed by atoms with Crippen molar-refractivity contribution in [3.8, 4) is 0 Å². The molecule has 0 aromatic carbocycles. The predicted molar refractivity (Wildman–Crippen MR) is 268 cm³/mol. The number of rotatable bonds is 26. The molecule has 0 radical (unpaired) electrons. The van der Waals surface area contributed by atoms with Crippen molar-refractivity contribution in [2.75, 3.05) is 229 Å². The van der Waals surface area contributed by atoms with E-state index in [1.165, 1.54) is 0 Å². The summed E-state index contributed by atoms with van der Waals surface area (Å²) in [5, 5.41) is 14.0. The van der Waals surface area contributed by atoms with Crippen LogP contribution in [0.2, 0.25) is 0 Å². The first-order valence-corrected chi connectivity index (χ1v) is 26.1. The summed E-state index contributed by atoms with van der Waals surface area (Å²) in [4.78, 5) is 51.3. The third kappa shape index (κ3) is 14.0. The van der Waals surface area contributed by atoms with Crippen LogP contribution in [0, 0.1) is 11.8 Å². The van der Waals surface area contributed by atoms with E-state index in [9.17, 15) is 0 Å². The minimum Gasteiger partial charge on any atom is -0.338 e. The van der Waals surface area contributed by atoms with Gasteiger partial charge in [0.25, 0.3) is 0 Å². The van der Waals surface area contributed by atoms with E-state index in [4.69, 9.17) is 52.8 Å². The van der Waals surface area contributed by atoms with Gasteiger partial charge in [-0.1, -0.05) is 0 Å². The first-order valence-electron chi connectivity index (χ1n) is 26.1. The van der Waals surface area contributed by atoms with E-state index in [2.05, 4.69) is 60.5 Å². The normalized spacial score (nSPS) is 24.4. The van der Waals surface area contributed by atoms with Gasteiger partial charge in [0.05, 0.1) is 0 Å². The van der Waals surface area contributed by atoms with Crippen LogP contribution < -0.4 is 63.8 Å². The standard InChI is InChI=1S/C45H86N22/c46-1-13-64(29-25-60-17-5-50-6-18-60)42-54-40(55-43(58-42)65(14-2-47)30-26-61-19-7-51-8-20-61)38-34-37-33-36(38)35-39(37)41-56-44(66(15-3-48)31-27-62-21-9-52-10-22-62)59-45(57-41)67(16-4-49)32-28-63-23-11-53-12-24-63/h36-39,50-53H,1-35,46-49H2. The molecule has 376 valence electrons. The van der Waals surface area contributed by atoms with Gasteiger partial charge in [-0.15, -0.1) is 0 Å². The van der Waals surface area contributed by atoms with Gasteiger partial charge >= 0.3 is 0 Å². The fourth-order valence-electron chi connectivity index (χ4n) is 11.2. The highest BCUT2D eigenvalue weighted by atomic mass is 15.4. The molecule has 4 unspecified atom stereocenters. The Morgan fingerprint density at radius 2 is 0.612 bits per heavy atom. The summed E-state index contributed by atoms with van der Waals surface area (Å²) in [7, 11) is 0. The van der Waals surface area contributed by atoms with E-state index in [0.717, 1.165) is 212 Å². The first-order chi connectivity index (χ1) is 33.0. The van der Waals surface area contributed by atoms with Crippen LogP contribution in [0.4, 0.5) is 23.8 Å². The van der Waals surface area contributed by atoms with Crippen molar-refractivity contribution in [1.29, 1.82) is 0 Å². The third-order valence-electron chi connectivity index (χ3n) is 15.1. The van der Waals surface area contributed by atoms with E-state index in [1.807, 2.05) is 0 Å². The van der Waals surface area contributed by atoms with Crippen molar-refractivity contribution in [2.45, 2.75) is 31.1 Å². The van der Waals surface area contributed by atoms with Gasteiger partial charge in [0.1, 0.15) is 11.6 Å². The average Bonchev–Trinajstić information content (AvgIpc) is 4.00. The van der Waals surface area contributed by atoms with Crippen molar-refractivity contribution >= 4 is 23.8 Å². The molecule has 4 aliphatic heterocycles. The Hall–Kier alpha value is -3.26. The fourth-order valence-corrected chi connectivity index (χ4v) is 11.2. The monoisotopic (exact) mass is 935 g/mol. The molecule has 67 heavy (non-hydrogen) atoms. The van der Waals surface area contributed by atoms with Gasteiger partial charge < -0.3 is 63.8 Å². The number of hydrogen-bond acceptors (Lipinski definition) is 22. The van der Waals surface area contributed by atoms with Gasteiger partial charge in [0, 0.05) is 221 Å². The summed E-state index contributed by atoms with van der Waals surface area (Å²) in [6, 6.07) is 0. The lowest BCUT2D eigenvalue weighted by atomic mass is 9.81. The quantitative estimate of drug-likeness (QED) is 0.0448. The maximum Gasteiger partial charge on any atom is 0.230 e. The molecular formula is C45H86N22. The zero-order valence-electron chi connectivity index (χ0n) is 40.6. The van der Waals surface area contributed by atoms with Crippen LogP contribution in [0.3, 0.4) is 0 Å². The Kier molecular flexibility index (Phi) is 19.5. The molecular weight excluding hydrogens is 849 g/mol.